The lowest BCUT2D eigenvalue weighted by Crippen LogP contribution is -2.38. The molecule has 0 bridgehead atoms. The average molecular weight is 296 g/mol. The topological polar surface area (TPSA) is 54.1 Å². The van der Waals surface area contributed by atoms with Gasteiger partial charge >= 0.3 is 0 Å². The summed E-state index contributed by atoms with van der Waals surface area (Å²) in [6.45, 7) is 5.42. The second kappa shape index (κ2) is 6.30. The minimum atomic E-state index is 0.0237. The largest absolute Gasteiger partial charge is 0.371 e. The Morgan fingerprint density at radius 3 is 3.05 bits per heavy atom. The molecule has 1 fully saturated rings. The molecular formula is C17H20N4O. The summed E-state index contributed by atoms with van der Waals surface area (Å²) in [6, 6.07) is 9.88. The summed E-state index contributed by atoms with van der Waals surface area (Å²) in [4.78, 5) is 2.39. The van der Waals surface area contributed by atoms with E-state index in [-0.39, 0.29) is 6.10 Å². The Bertz CT molecular complexity index is 681. The van der Waals surface area contributed by atoms with Crippen molar-refractivity contribution in [1.29, 1.82) is 5.26 Å². The Hall–Kier alpha value is -2.16. The zero-order chi connectivity index (χ0) is 15.5. The lowest BCUT2D eigenvalue weighted by molar-refractivity contribution is -0.0336. The van der Waals surface area contributed by atoms with Crippen LogP contribution in [-0.2, 0) is 18.3 Å². The highest BCUT2D eigenvalue weighted by Crippen LogP contribution is 2.24. The van der Waals surface area contributed by atoms with E-state index in [9.17, 15) is 0 Å². The van der Waals surface area contributed by atoms with E-state index < -0.39 is 0 Å². The zero-order valence-electron chi connectivity index (χ0n) is 13.0. The van der Waals surface area contributed by atoms with Crippen molar-refractivity contribution in [1.82, 2.24) is 14.7 Å². The standard InChI is InChI=1S/C17H20N4O/c1-13-10-19-20(2)16(13)11-21-6-7-22-17(12-21)15-5-3-4-14(8-15)9-18/h3-5,8,10,17H,6-7,11-12H2,1-2H3. The molecule has 1 aromatic heterocycles. The fourth-order valence-electron chi connectivity index (χ4n) is 2.87. The van der Waals surface area contributed by atoms with Crippen LogP contribution in [0.15, 0.2) is 30.5 Å². The van der Waals surface area contributed by atoms with E-state index in [2.05, 4.69) is 23.0 Å². The van der Waals surface area contributed by atoms with Crippen molar-refractivity contribution in [3.05, 3.63) is 52.8 Å². The van der Waals surface area contributed by atoms with Crippen LogP contribution in [0.4, 0.5) is 0 Å². The average Bonchev–Trinajstić information content (AvgIpc) is 2.87. The number of aryl methyl sites for hydroxylation is 2. The van der Waals surface area contributed by atoms with Gasteiger partial charge in [0.2, 0.25) is 0 Å². The lowest BCUT2D eigenvalue weighted by Gasteiger charge is -2.33. The fourth-order valence-corrected chi connectivity index (χ4v) is 2.87. The van der Waals surface area contributed by atoms with Gasteiger partial charge in [-0.05, 0) is 30.2 Å². The molecule has 2 aromatic rings. The number of rotatable bonds is 3. The van der Waals surface area contributed by atoms with E-state index >= 15 is 0 Å². The molecule has 22 heavy (non-hydrogen) atoms. The predicted octanol–water partition coefficient (Wildman–Crippen LogP) is 2.17. The third-order valence-electron chi connectivity index (χ3n) is 4.18. The molecule has 5 nitrogen and oxygen atoms in total. The molecule has 0 spiro atoms. The Kier molecular flexibility index (Phi) is 4.23. The molecule has 1 saturated heterocycles. The van der Waals surface area contributed by atoms with Gasteiger partial charge < -0.3 is 4.74 Å². The molecule has 2 heterocycles. The number of nitriles is 1. The van der Waals surface area contributed by atoms with Gasteiger partial charge in [0, 0.05) is 26.7 Å². The maximum absolute atomic E-state index is 9.03. The second-order valence-corrected chi connectivity index (χ2v) is 5.73. The summed E-state index contributed by atoms with van der Waals surface area (Å²) >= 11 is 0. The van der Waals surface area contributed by atoms with E-state index in [4.69, 9.17) is 10.00 Å². The van der Waals surface area contributed by atoms with Crippen molar-refractivity contribution < 1.29 is 4.74 Å². The van der Waals surface area contributed by atoms with Crippen LogP contribution in [0, 0.1) is 18.3 Å². The van der Waals surface area contributed by atoms with Gasteiger partial charge in [0.25, 0.3) is 0 Å². The van der Waals surface area contributed by atoms with Gasteiger partial charge in [0.1, 0.15) is 0 Å². The van der Waals surface area contributed by atoms with E-state index in [0.29, 0.717) is 12.2 Å². The Morgan fingerprint density at radius 2 is 2.32 bits per heavy atom. The van der Waals surface area contributed by atoms with Crippen LogP contribution >= 0.6 is 0 Å². The molecule has 0 saturated carbocycles. The van der Waals surface area contributed by atoms with Gasteiger partial charge in [-0.2, -0.15) is 10.4 Å². The van der Waals surface area contributed by atoms with Gasteiger partial charge in [-0.25, -0.2) is 0 Å². The molecule has 1 aliphatic rings. The minimum Gasteiger partial charge on any atom is -0.371 e. The van der Waals surface area contributed by atoms with Crippen molar-refractivity contribution in [2.45, 2.75) is 19.6 Å². The number of hydrogen-bond acceptors (Lipinski definition) is 4. The molecule has 1 unspecified atom stereocenters. The molecule has 0 radical (unpaired) electrons. The van der Waals surface area contributed by atoms with Crippen molar-refractivity contribution in [3.63, 3.8) is 0 Å². The van der Waals surface area contributed by atoms with Crippen LogP contribution in [0.25, 0.3) is 0 Å². The van der Waals surface area contributed by atoms with Gasteiger partial charge in [-0.3, -0.25) is 9.58 Å². The lowest BCUT2D eigenvalue weighted by atomic mass is 10.0. The summed E-state index contributed by atoms with van der Waals surface area (Å²) in [7, 11) is 1.98. The molecule has 114 valence electrons. The smallest absolute Gasteiger partial charge is 0.0991 e. The van der Waals surface area contributed by atoms with E-state index in [1.807, 2.05) is 42.2 Å². The summed E-state index contributed by atoms with van der Waals surface area (Å²) in [5.74, 6) is 0. The highest BCUT2D eigenvalue weighted by molar-refractivity contribution is 5.34. The Balaban J connectivity index is 1.73. The van der Waals surface area contributed by atoms with Crippen LogP contribution in [0.3, 0.4) is 0 Å². The van der Waals surface area contributed by atoms with E-state index in [1.54, 1.807) is 0 Å². The predicted molar refractivity (Wildman–Crippen MR) is 83.1 cm³/mol. The zero-order valence-corrected chi connectivity index (χ0v) is 13.0. The molecule has 3 rings (SSSR count). The first-order valence-corrected chi connectivity index (χ1v) is 7.49. The van der Waals surface area contributed by atoms with Crippen LogP contribution in [0.1, 0.15) is 28.5 Å². The SMILES string of the molecule is Cc1cnn(C)c1CN1CCOC(c2cccc(C#N)c2)C1. The summed E-state index contributed by atoms with van der Waals surface area (Å²) < 4.78 is 7.84. The molecule has 1 aromatic carbocycles. The molecule has 0 aliphatic carbocycles. The molecule has 5 heteroatoms. The van der Waals surface area contributed by atoms with Crippen LogP contribution in [-0.4, -0.2) is 34.4 Å². The van der Waals surface area contributed by atoms with Gasteiger partial charge in [-0.15, -0.1) is 0 Å². The van der Waals surface area contributed by atoms with Gasteiger partial charge in [0.05, 0.1) is 36.2 Å². The third kappa shape index (κ3) is 3.03. The number of ether oxygens (including phenoxy) is 1. The van der Waals surface area contributed by atoms with E-state index in [0.717, 1.165) is 25.2 Å². The van der Waals surface area contributed by atoms with Crippen LogP contribution in [0.2, 0.25) is 0 Å². The van der Waals surface area contributed by atoms with Gasteiger partial charge in [0.15, 0.2) is 0 Å². The van der Waals surface area contributed by atoms with Crippen molar-refractivity contribution in [2.75, 3.05) is 19.7 Å². The quantitative estimate of drug-likeness (QED) is 0.871. The normalized spacial score (nSPS) is 19.0. The number of nitrogens with zero attached hydrogens (tertiary/aromatic N) is 4. The number of morpholine rings is 1. The molecule has 1 aliphatic heterocycles. The van der Waals surface area contributed by atoms with Gasteiger partial charge in [-0.1, -0.05) is 12.1 Å². The summed E-state index contributed by atoms with van der Waals surface area (Å²) in [5, 5.41) is 13.3. The first-order chi connectivity index (χ1) is 10.7. The van der Waals surface area contributed by atoms with Crippen molar-refractivity contribution in [3.8, 4) is 6.07 Å². The fraction of sp³-hybridized carbons (Fsp3) is 0.412. The molecule has 1 atom stereocenters. The van der Waals surface area contributed by atoms with Crippen molar-refractivity contribution in [2.24, 2.45) is 7.05 Å². The molecule has 0 amide bonds. The maximum atomic E-state index is 9.03. The summed E-state index contributed by atoms with van der Waals surface area (Å²) in [5.41, 5.74) is 4.22. The minimum absolute atomic E-state index is 0.0237. The first kappa shape index (κ1) is 14.8. The van der Waals surface area contributed by atoms with Crippen LogP contribution in [0.5, 0.6) is 0 Å². The Morgan fingerprint density at radius 1 is 1.45 bits per heavy atom. The van der Waals surface area contributed by atoms with Crippen LogP contribution < -0.4 is 0 Å². The monoisotopic (exact) mass is 296 g/mol. The highest BCUT2D eigenvalue weighted by atomic mass is 16.5. The Labute approximate surface area is 130 Å². The second-order valence-electron chi connectivity index (χ2n) is 5.73. The maximum Gasteiger partial charge on any atom is 0.0991 e. The molecular weight excluding hydrogens is 276 g/mol. The number of benzene rings is 1. The summed E-state index contributed by atoms with van der Waals surface area (Å²) in [6.07, 6.45) is 1.93. The number of aromatic nitrogens is 2. The first-order valence-electron chi connectivity index (χ1n) is 7.49. The number of hydrogen-bond donors (Lipinski definition) is 0. The third-order valence-corrected chi connectivity index (χ3v) is 4.18. The van der Waals surface area contributed by atoms with E-state index in [1.165, 1.54) is 11.3 Å². The molecule has 0 N–H and O–H groups in total. The highest BCUT2D eigenvalue weighted by Gasteiger charge is 2.23. The van der Waals surface area contributed by atoms with Crippen molar-refractivity contribution >= 4 is 0 Å².